The number of rotatable bonds is 5. The highest BCUT2D eigenvalue weighted by Crippen LogP contribution is 2.22. The van der Waals surface area contributed by atoms with Crippen LogP contribution in [0.3, 0.4) is 0 Å². The molecule has 5 heteroatoms. The van der Waals surface area contributed by atoms with Gasteiger partial charge in [-0.25, -0.2) is 4.98 Å². The molecular formula is C19H26N4O. The average Bonchev–Trinajstić information content (AvgIpc) is 2.63. The molecule has 1 aliphatic rings. The number of nitrogens with zero attached hydrogens (tertiary/aromatic N) is 4. The first kappa shape index (κ1) is 16.7. The largest absolute Gasteiger partial charge is 0.490 e. The Bertz CT molecular complexity index is 664. The van der Waals surface area contributed by atoms with Crippen LogP contribution in [0.25, 0.3) is 0 Å². The maximum absolute atomic E-state index is 6.09. The molecule has 1 aliphatic heterocycles. The van der Waals surface area contributed by atoms with Crippen molar-refractivity contribution in [2.24, 2.45) is 0 Å². The van der Waals surface area contributed by atoms with Gasteiger partial charge in [0.05, 0.1) is 11.4 Å². The quantitative estimate of drug-likeness (QED) is 0.843. The fourth-order valence-electron chi connectivity index (χ4n) is 3.05. The van der Waals surface area contributed by atoms with Crippen molar-refractivity contribution in [3.05, 3.63) is 41.2 Å². The summed E-state index contributed by atoms with van der Waals surface area (Å²) < 4.78 is 6.09. The van der Waals surface area contributed by atoms with Gasteiger partial charge in [-0.3, -0.25) is 0 Å². The predicted octanol–water partition coefficient (Wildman–Crippen LogP) is 3.35. The average molecular weight is 326 g/mol. The van der Waals surface area contributed by atoms with E-state index in [1.165, 1.54) is 5.56 Å². The Labute approximate surface area is 144 Å². The number of hydrogen-bond donors (Lipinski definition) is 0. The van der Waals surface area contributed by atoms with Crippen LogP contribution in [-0.4, -0.2) is 34.4 Å². The van der Waals surface area contributed by atoms with Gasteiger partial charge in [0.1, 0.15) is 11.9 Å². The molecule has 0 amide bonds. The highest BCUT2D eigenvalue weighted by Gasteiger charge is 2.23. The minimum absolute atomic E-state index is 0.262. The van der Waals surface area contributed by atoms with Crippen LogP contribution in [0.5, 0.6) is 5.75 Å². The Morgan fingerprint density at radius 2 is 1.67 bits per heavy atom. The van der Waals surface area contributed by atoms with E-state index in [-0.39, 0.29) is 6.10 Å². The Hall–Kier alpha value is -2.17. The molecule has 5 nitrogen and oxygen atoms in total. The lowest BCUT2D eigenvalue weighted by Crippen LogP contribution is -2.39. The van der Waals surface area contributed by atoms with E-state index < -0.39 is 0 Å². The van der Waals surface area contributed by atoms with E-state index in [1.807, 2.05) is 12.1 Å². The van der Waals surface area contributed by atoms with Crippen LogP contribution in [0.2, 0.25) is 0 Å². The van der Waals surface area contributed by atoms with Crippen molar-refractivity contribution in [2.75, 3.05) is 18.0 Å². The van der Waals surface area contributed by atoms with Gasteiger partial charge >= 0.3 is 0 Å². The molecule has 0 radical (unpaired) electrons. The van der Waals surface area contributed by atoms with Crippen molar-refractivity contribution in [1.82, 2.24) is 15.2 Å². The molecule has 0 bridgehead atoms. The van der Waals surface area contributed by atoms with Crippen molar-refractivity contribution in [3.63, 3.8) is 0 Å². The molecule has 128 valence electrons. The van der Waals surface area contributed by atoms with Gasteiger partial charge < -0.3 is 9.64 Å². The number of piperidine rings is 1. The molecule has 2 aromatic rings. The van der Waals surface area contributed by atoms with Gasteiger partial charge in [0.2, 0.25) is 5.95 Å². The molecule has 0 spiro atoms. The van der Waals surface area contributed by atoms with E-state index in [1.54, 1.807) is 0 Å². The van der Waals surface area contributed by atoms with Crippen molar-refractivity contribution in [3.8, 4) is 5.75 Å². The first-order valence-corrected chi connectivity index (χ1v) is 8.90. The molecular weight excluding hydrogens is 300 g/mol. The fraction of sp³-hybridized carbons (Fsp3) is 0.526. The normalized spacial score (nSPS) is 15.5. The van der Waals surface area contributed by atoms with Crippen LogP contribution < -0.4 is 9.64 Å². The van der Waals surface area contributed by atoms with E-state index in [2.05, 4.69) is 48.0 Å². The minimum atomic E-state index is 0.262. The van der Waals surface area contributed by atoms with Gasteiger partial charge in [0.15, 0.2) is 0 Å². The third kappa shape index (κ3) is 3.83. The summed E-state index contributed by atoms with van der Waals surface area (Å²) in [5, 5.41) is 8.68. The smallest absolute Gasteiger partial charge is 0.245 e. The standard InChI is InChI=1S/C19H26N4O/c1-4-17-18(5-2)21-22-19(20-17)23-12-10-16(11-13-23)24-15-8-6-14(3)7-9-15/h6-9,16H,4-5,10-13H2,1-3H3. The molecule has 1 aromatic heterocycles. The third-order valence-corrected chi connectivity index (χ3v) is 4.55. The summed E-state index contributed by atoms with van der Waals surface area (Å²) in [4.78, 5) is 6.94. The molecule has 2 heterocycles. The van der Waals surface area contributed by atoms with Gasteiger partial charge in [-0.1, -0.05) is 31.5 Å². The van der Waals surface area contributed by atoms with Crippen molar-refractivity contribution >= 4 is 5.95 Å². The maximum atomic E-state index is 6.09. The van der Waals surface area contributed by atoms with Crippen LogP contribution in [0.15, 0.2) is 24.3 Å². The molecule has 24 heavy (non-hydrogen) atoms. The summed E-state index contributed by atoms with van der Waals surface area (Å²) in [7, 11) is 0. The molecule has 0 N–H and O–H groups in total. The van der Waals surface area contributed by atoms with E-state index in [9.17, 15) is 0 Å². The van der Waals surface area contributed by atoms with Crippen LogP contribution in [0.4, 0.5) is 5.95 Å². The molecule has 3 rings (SSSR count). The summed E-state index contributed by atoms with van der Waals surface area (Å²) in [5.74, 6) is 1.72. The lowest BCUT2D eigenvalue weighted by Gasteiger charge is -2.32. The second-order valence-electron chi connectivity index (χ2n) is 6.33. The molecule has 0 saturated carbocycles. The number of anilines is 1. The van der Waals surface area contributed by atoms with Gasteiger partial charge in [0.25, 0.3) is 0 Å². The molecule has 0 atom stereocenters. The summed E-state index contributed by atoms with van der Waals surface area (Å²) >= 11 is 0. The first-order valence-electron chi connectivity index (χ1n) is 8.90. The molecule has 0 unspecified atom stereocenters. The molecule has 0 aliphatic carbocycles. The zero-order chi connectivity index (χ0) is 16.9. The van der Waals surface area contributed by atoms with Crippen LogP contribution in [0, 0.1) is 6.92 Å². The second-order valence-corrected chi connectivity index (χ2v) is 6.33. The first-order chi connectivity index (χ1) is 11.7. The summed E-state index contributed by atoms with van der Waals surface area (Å²) in [6.07, 6.45) is 4.01. The summed E-state index contributed by atoms with van der Waals surface area (Å²) in [5.41, 5.74) is 3.34. The van der Waals surface area contributed by atoms with Crippen LogP contribution in [0.1, 0.15) is 43.6 Å². The topological polar surface area (TPSA) is 51.1 Å². The predicted molar refractivity (Wildman–Crippen MR) is 95.6 cm³/mol. The Morgan fingerprint density at radius 1 is 1.00 bits per heavy atom. The Kier molecular flexibility index (Phi) is 5.28. The van der Waals surface area contributed by atoms with Gasteiger partial charge in [-0.2, -0.15) is 5.10 Å². The second kappa shape index (κ2) is 7.60. The fourth-order valence-corrected chi connectivity index (χ4v) is 3.05. The van der Waals surface area contributed by atoms with E-state index in [4.69, 9.17) is 9.72 Å². The zero-order valence-corrected chi connectivity index (χ0v) is 14.8. The summed E-state index contributed by atoms with van der Waals surface area (Å²) in [6, 6.07) is 8.27. The lowest BCUT2D eigenvalue weighted by molar-refractivity contribution is 0.170. The van der Waals surface area contributed by atoms with Gasteiger partial charge in [0, 0.05) is 25.9 Å². The Balaban J connectivity index is 1.59. The minimum Gasteiger partial charge on any atom is -0.490 e. The van der Waals surface area contributed by atoms with Crippen molar-refractivity contribution < 1.29 is 4.74 Å². The number of benzene rings is 1. The van der Waals surface area contributed by atoms with Gasteiger partial charge in [-0.15, -0.1) is 5.10 Å². The maximum Gasteiger partial charge on any atom is 0.245 e. The number of aryl methyl sites for hydroxylation is 3. The monoisotopic (exact) mass is 326 g/mol. The van der Waals surface area contributed by atoms with E-state index in [0.717, 1.165) is 61.9 Å². The highest BCUT2D eigenvalue weighted by atomic mass is 16.5. The van der Waals surface area contributed by atoms with E-state index >= 15 is 0 Å². The van der Waals surface area contributed by atoms with Gasteiger partial charge in [-0.05, 0) is 31.9 Å². The highest BCUT2D eigenvalue weighted by molar-refractivity contribution is 5.31. The van der Waals surface area contributed by atoms with Crippen LogP contribution in [-0.2, 0) is 12.8 Å². The van der Waals surface area contributed by atoms with Crippen molar-refractivity contribution in [1.29, 1.82) is 0 Å². The Morgan fingerprint density at radius 3 is 2.29 bits per heavy atom. The molecule has 1 saturated heterocycles. The lowest BCUT2D eigenvalue weighted by atomic mass is 10.1. The number of hydrogen-bond acceptors (Lipinski definition) is 5. The SMILES string of the molecule is CCc1nnc(N2CCC(Oc3ccc(C)cc3)CC2)nc1CC. The molecule has 1 aromatic carbocycles. The van der Waals surface area contributed by atoms with Crippen molar-refractivity contribution in [2.45, 2.75) is 52.6 Å². The number of ether oxygens (including phenoxy) is 1. The van der Waals surface area contributed by atoms with E-state index in [0.29, 0.717) is 0 Å². The molecule has 1 fully saturated rings. The number of aromatic nitrogens is 3. The zero-order valence-electron chi connectivity index (χ0n) is 14.8. The third-order valence-electron chi connectivity index (χ3n) is 4.55. The summed E-state index contributed by atoms with van der Waals surface area (Å²) in [6.45, 7) is 8.12. The van der Waals surface area contributed by atoms with Crippen LogP contribution >= 0.6 is 0 Å².